The van der Waals surface area contributed by atoms with Gasteiger partial charge < -0.3 is 9.84 Å². The van der Waals surface area contributed by atoms with Gasteiger partial charge in [-0.2, -0.15) is 18.3 Å². The van der Waals surface area contributed by atoms with E-state index in [0.29, 0.717) is 17.9 Å². The second-order valence-electron chi connectivity index (χ2n) is 4.47. The molecular weight excluding hydrogens is 285 g/mol. The molecule has 21 heavy (non-hydrogen) atoms. The molecule has 1 N–H and O–H groups in total. The van der Waals surface area contributed by atoms with E-state index in [1.807, 2.05) is 0 Å². The zero-order valence-electron chi connectivity index (χ0n) is 11.4. The molecule has 0 unspecified atom stereocenters. The summed E-state index contributed by atoms with van der Waals surface area (Å²) in [5.41, 5.74) is 0.0812. The van der Waals surface area contributed by atoms with Crippen molar-refractivity contribution in [2.24, 2.45) is 0 Å². The summed E-state index contributed by atoms with van der Waals surface area (Å²) >= 11 is 0. The van der Waals surface area contributed by atoms with Crippen LogP contribution in [0.1, 0.15) is 16.7 Å². The fourth-order valence-electron chi connectivity index (χ4n) is 2.15. The molecule has 1 aromatic heterocycles. The van der Waals surface area contributed by atoms with Gasteiger partial charge in [-0.15, -0.1) is 0 Å². The van der Waals surface area contributed by atoms with Gasteiger partial charge in [-0.3, -0.25) is 0 Å². The van der Waals surface area contributed by atoms with Crippen LogP contribution in [0, 0.1) is 0 Å². The molecule has 0 radical (unpaired) electrons. The Morgan fingerprint density at radius 1 is 1.24 bits per heavy atom. The first-order valence-corrected chi connectivity index (χ1v) is 6.32. The van der Waals surface area contributed by atoms with Gasteiger partial charge in [0, 0.05) is 18.6 Å². The van der Waals surface area contributed by atoms with Gasteiger partial charge in [-0.25, -0.2) is 4.68 Å². The summed E-state index contributed by atoms with van der Waals surface area (Å²) in [5, 5.41) is 13.0. The molecule has 2 aromatic rings. The van der Waals surface area contributed by atoms with Crippen molar-refractivity contribution in [1.29, 1.82) is 0 Å². The highest BCUT2D eigenvalue weighted by molar-refractivity contribution is 5.32. The second-order valence-corrected chi connectivity index (χ2v) is 4.47. The highest BCUT2D eigenvalue weighted by atomic mass is 19.4. The number of alkyl halides is 3. The summed E-state index contributed by atoms with van der Waals surface area (Å²) in [4.78, 5) is 0. The van der Waals surface area contributed by atoms with E-state index >= 15 is 0 Å². The Hall–Kier alpha value is -2.02. The first kappa shape index (κ1) is 15.4. The third kappa shape index (κ3) is 3.36. The molecule has 0 spiro atoms. The smallest absolute Gasteiger partial charge is 0.416 e. The second kappa shape index (κ2) is 6.17. The summed E-state index contributed by atoms with van der Waals surface area (Å²) in [6.45, 7) is -0.133. The van der Waals surface area contributed by atoms with Crippen molar-refractivity contribution in [1.82, 2.24) is 9.78 Å². The maximum Gasteiger partial charge on any atom is 0.416 e. The number of aliphatic hydroxyl groups is 1. The van der Waals surface area contributed by atoms with Gasteiger partial charge in [0.1, 0.15) is 0 Å². The zero-order valence-corrected chi connectivity index (χ0v) is 11.4. The molecule has 0 atom stereocenters. The number of benzene rings is 1. The van der Waals surface area contributed by atoms with Crippen LogP contribution >= 0.6 is 0 Å². The summed E-state index contributed by atoms with van der Waals surface area (Å²) in [7, 11) is 1.42. The largest absolute Gasteiger partial charge is 0.481 e. The molecule has 0 saturated carbocycles. The predicted octanol–water partition coefficient (Wildman–Crippen LogP) is 2.49. The summed E-state index contributed by atoms with van der Waals surface area (Å²) in [6.07, 6.45) is -2.58. The van der Waals surface area contributed by atoms with Crippen molar-refractivity contribution < 1.29 is 23.0 Å². The molecule has 0 aliphatic rings. The van der Waals surface area contributed by atoms with E-state index in [1.165, 1.54) is 30.1 Å². The van der Waals surface area contributed by atoms with Gasteiger partial charge in [0.15, 0.2) is 0 Å². The molecule has 2 rings (SSSR count). The van der Waals surface area contributed by atoms with Crippen LogP contribution in [-0.4, -0.2) is 28.6 Å². The average Bonchev–Trinajstić information content (AvgIpc) is 2.80. The van der Waals surface area contributed by atoms with Crippen molar-refractivity contribution in [2.45, 2.75) is 19.1 Å². The molecule has 114 valence electrons. The summed E-state index contributed by atoms with van der Waals surface area (Å²) in [5.74, 6) is 0.362. The van der Waals surface area contributed by atoms with Crippen LogP contribution < -0.4 is 4.74 Å². The fraction of sp³-hybridized carbons (Fsp3) is 0.357. The lowest BCUT2D eigenvalue weighted by Crippen LogP contribution is -2.13. The Morgan fingerprint density at radius 3 is 2.57 bits per heavy atom. The van der Waals surface area contributed by atoms with Gasteiger partial charge in [0.05, 0.1) is 25.4 Å². The van der Waals surface area contributed by atoms with Crippen molar-refractivity contribution >= 4 is 0 Å². The Kier molecular flexibility index (Phi) is 4.52. The standard InChI is InChI=1S/C14H15F3N2O2/c1-21-13-10(6-7-20)8-18-19(13)9-11-4-2-3-5-12(11)14(15,16)17/h2-5,8,20H,6-7,9H2,1H3. The van der Waals surface area contributed by atoms with E-state index in [4.69, 9.17) is 9.84 Å². The number of hydrogen-bond donors (Lipinski definition) is 1. The molecule has 0 aliphatic carbocycles. The van der Waals surface area contributed by atoms with E-state index in [9.17, 15) is 13.2 Å². The van der Waals surface area contributed by atoms with Gasteiger partial charge in [0.2, 0.25) is 5.88 Å². The highest BCUT2D eigenvalue weighted by Gasteiger charge is 2.33. The van der Waals surface area contributed by atoms with Gasteiger partial charge in [0.25, 0.3) is 0 Å². The van der Waals surface area contributed by atoms with Crippen LogP contribution in [0.15, 0.2) is 30.5 Å². The van der Waals surface area contributed by atoms with Crippen LogP contribution in [0.4, 0.5) is 13.2 Å². The Labute approximate surface area is 119 Å². The van der Waals surface area contributed by atoms with Crippen LogP contribution in [0.5, 0.6) is 5.88 Å². The van der Waals surface area contributed by atoms with Gasteiger partial charge in [-0.1, -0.05) is 18.2 Å². The molecule has 0 saturated heterocycles. The minimum Gasteiger partial charge on any atom is -0.481 e. The van der Waals surface area contributed by atoms with Crippen molar-refractivity contribution in [3.05, 3.63) is 47.2 Å². The van der Waals surface area contributed by atoms with Crippen LogP contribution in [0.25, 0.3) is 0 Å². The number of nitrogens with zero attached hydrogens (tertiary/aromatic N) is 2. The van der Waals surface area contributed by atoms with Crippen LogP contribution in [0.2, 0.25) is 0 Å². The maximum absolute atomic E-state index is 13.0. The Bertz CT molecular complexity index is 609. The minimum absolute atomic E-state index is 0.0513. The molecule has 0 bridgehead atoms. The third-order valence-electron chi connectivity index (χ3n) is 3.08. The van der Waals surface area contributed by atoms with Crippen molar-refractivity contribution in [3.8, 4) is 5.88 Å². The van der Waals surface area contributed by atoms with Gasteiger partial charge in [-0.05, 0) is 11.6 Å². The lowest BCUT2D eigenvalue weighted by molar-refractivity contribution is -0.138. The predicted molar refractivity (Wildman–Crippen MR) is 70.1 cm³/mol. The lowest BCUT2D eigenvalue weighted by atomic mass is 10.1. The van der Waals surface area contributed by atoms with Crippen LogP contribution in [-0.2, 0) is 19.1 Å². The van der Waals surface area contributed by atoms with Crippen LogP contribution in [0.3, 0.4) is 0 Å². The zero-order chi connectivity index (χ0) is 15.5. The molecule has 1 heterocycles. The number of halogens is 3. The first-order valence-electron chi connectivity index (χ1n) is 6.32. The number of ether oxygens (including phenoxy) is 1. The quantitative estimate of drug-likeness (QED) is 0.923. The normalized spacial score (nSPS) is 11.7. The highest BCUT2D eigenvalue weighted by Crippen LogP contribution is 2.32. The molecule has 0 fully saturated rings. The first-order chi connectivity index (χ1) is 9.97. The number of rotatable bonds is 5. The lowest BCUT2D eigenvalue weighted by Gasteiger charge is -2.14. The van der Waals surface area contributed by atoms with Gasteiger partial charge >= 0.3 is 6.18 Å². The van der Waals surface area contributed by atoms with E-state index in [1.54, 1.807) is 6.07 Å². The summed E-state index contributed by atoms with van der Waals surface area (Å²) in [6, 6.07) is 5.36. The molecule has 7 heteroatoms. The van der Waals surface area contributed by atoms with Crippen molar-refractivity contribution in [2.75, 3.05) is 13.7 Å². The monoisotopic (exact) mass is 300 g/mol. The Balaban J connectivity index is 2.35. The molecule has 0 aliphatic heterocycles. The maximum atomic E-state index is 13.0. The number of methoxy groups -OCH3 is 1. The third-order valence-corrected chi connectivity index (χ3v) is 3.08. The minimum atomic E-state index is -4.41. The van der Waals surface area contributed by atoms with E-state index < -0.39 is 11.7 Å². The number of hydrogen-bond acceptors (Lipinski definition) is 3. The summed E-state index contributed by atoms with van der Waals surface area (Å²) < 4.78 is 45.4. The van der Waals surface area contributed by atoms with Crippen molar-refractivity contribution in [3.63, 3.8) is 0 Å². The number of aliphatic hydroxyl groups excluding tert-OH is 1. The van der Waals surface area contributed by atoms with E-state index in [0.717, 1.165) is 6.07 Å². The molecule has 4 nitrogen and oxygen atoms in total. The molecule has 0 amide bonds. The van der Waals surface area contributed by atoms with E-state index in [2.05, 4.69) is 5.10 Å². The average molecular weight is 300 g/mol. The van der Waals surface area contributed by atoms with E-state index in [-0.39, 0.29) is 18.7 Å². The Morgan fingerprint density at radius 2 is 1.95 bits per heavy atom. The number of aromatic nitrogens is 2. The SMILES string of the molecule is COc1c(CCO)cnn1Cc1ccccc1C(F)(F)F. The topological polar surface area (TPSA) is 47.3 Å². The fourth-order valence-corrected chi connectivity index (χ4v) is 2.15. The molecular formula is C14H15F3N2O2. The molecule has 1 aromatic carbocycles.